The average Bonchev–Trinajstić information content (AvgIpc) is 3.53. The van der Waals surface area contributed by atoms with Crippen molar-refractivity contribution < 1.29 is 14.7 Å². The minimum Gasteiger partial charge on any atom is -0.497 e. The van der Waals surface area contributed by atoms with E-state index in [-0.39, 0.29) is 5.56 Å². The first-order valence-electron chi connectivity index (χ1n) is 9.59. The standard InChI is InChI=1S/C20H25N5O3/c1-28-16-4-2-13(3-5-16)17-10-18(17)23-15-6-8-25(9-7-15)20-21-11-14(12-22-20)19(26)24-27/h2-5,11-12,15,17-18,23,27H,6-10H2,1H3,(H,24,26). The molecule has 2 atom stereocenters. The number of hydroxylamine groups is 1. The van der Waals surface area contributed by atoms with Crippen molar-refractivity contribution in [1.82, 2.24) is 20.8 Å². The number of nitrogens with zero attached hydrogens (tertiary/aromatic N) is 3. The highest BCUT2D eigenvalue weighted by molar-refractivity contribution is 5.92. The molecule has 4 rings (SSSR count). The van der Waals surface area contributed by atoms with Crippen LogP contribution >= 0.6 is 0 Å². The minimum absolute atomic E-state index is 0.237. The van der Waals surface area contributed by atoms with Crippen molar-refractivity contribution in [1.29, 1.82) is 0 Å². The predicted octanol–water partition coefficient (Wildman–Crippen LogP) is 1.72. The van der Waals surface area contributed by atoms with Crippen LogP contribution in [0.2, 0.25) is 0 Å². The van der Waals surface area contributed by atoms with Gasteiger partial charge in [-0.1, -0.05) is 12.1 Å². The van der Waals surface area contributed by atoms with Crippen LogP contribution in [0, 0.1) is 0 Å². The molecule has 1 amide bonds. The van der Waals surface area contributed by atoms with Gasteiger partial charge in [-0.15, -0.1) is 0 Å². The molecule has 1 aromatic carbocycles. The molecule has 8 nitrogen and oxygen atoms in total. The maximum Gasteiger partial charge on any atom is 0.277 e. The SMILES string of the molecule is COc1ccc(C2CC2NC2CCN(c3ncc(C(=O)NO)cn3)CC2)cc1. The molecule has 0 bridgehead atoms. The summed E-state index contributed by atoms with van der Waals surface area (Å²) in [5.74, 6) is 1.51. The number of benzene rings is 1. The van der Waals surface area contributed by atoms with E-state index in [1.54, 1.807) is 12.6 Å². The number of amides is 1. The molecule has 28 heavy (non-hydrogen) atoms. The third kappa shape index (κ3) is 4.07. The van der Waals surface area contributed by atoms with E-state index in [0.29, 0.717) is 23.9 Å². The second kappa shape index (κ2) is 8.12. The molecule has 2 unspecified atom stereocenters. The lowest BCUT2D eigenvalue weighted by Gasteiger charge is -2.32. The van der Waals surface area contributed by atoms with Gasteiger partial charge in [0.25, 0.3) is 5.91 Å². The summed E-state index contributed by atoms with van der Waals surface area (Å²) in [6, 6.07) is 9.43. The first-order valence-corrected chi connectivity index (χ1v) is 9.59. The molecule has 1 saturated heterocycles. The summed E-state index contributed by atoms with van der Waals surface area (Å²) in [7, 11) is 1.69. The fourth-order valence-corrected chi connectivity index (χ4v) is 3.81. The van der Waals surface area contributed by atoms with Crippen molar-refractivity contribution >= 4 is 11.9 Å². The van der Waals surface area contributed by atoms with Crippen LogP contribution in [0.25, 0.3) is 0 Å². The first-order chi connectivity index (χ1) is 13.7. The van der Waals surface area contributed by atoms with Crippen molar-refractivity contribution in [2.24, 2.45) is 0 Å². The number of carbonyl (C=O) groups excluding carboxylic acids is 1. The van der Waals surface area contributed by atoms with Crippen LogP contribution in [-0.2, 0) is 0 Å². The van der Waals surface area contributed by atoms with Gasteiger partial charge in [-0.2, -0.15) is 0 Å². The molecule has 3 N–H and O–H groups in total. The average molecular weight is 383 g/mol. The number of anilines is 1. The van der Waals surface area contributed by atoms with Crippen molar-refractivity contribution in [3.05, 3.63) is 47.8 Å². The summed E-state index contributed by atoms with van der Waals surface area (Å²) >= 11 is 0. The molecule has 0 spiro atoms. The van der Waals surface area contributed by atoms with Gasteiger partial charge in [0.15, 0.2) is 0 Å². The third-order valence-corrected chi connectivity index (χ3v) is 5.56. The van der Waals surface area contributed by atoms with Crippen LogP contribution in [0.4, 0.5) is 5.95 Å². The van der Waals surface area contributed by atoms with Crippen LogP contribution in [-0.4, -0.2) is 53.4 Å². The van der Waals surface area contributed by atoms with E-state index in [1.165, 1.54) is 24.4 Å². The van der Waals surface area contributed by atoms with Crippen molar-refractivity contribution in [2.45, 2.75) is 37.3 Å². The molecular weight excluding hydrogens is 358 g/mol. The summed E-state index contributed by atoms with van der Waals surface area (Å²) in [4.78, 5) is 22.0. The van der Waals surface area contributed by atoms with E-state index in [1.807, 2.05) is 12.1 Å². The normalized spacial score (nSPS) is 22.0. The largest absolute Gasteiger partial charge is 0.497 e. The van der Waals surface area contributed by atoms with Gasteiger partial charge in [-0.05, 0) is 37.0 Å². The van der Waals surface area contributed by atoms with Gasteiger partial charge >= 0.3 is 0 Å². The zero-order chi connectivity index (χ0) is 19.5. The van der Waals surface area contributed by atoms with Crippen LogP contribution in [0.15, 0.2) is 36.7 Å². The summed E-state index contributed by atoms with van der Waals surface area (Å²) < 4.78 is 5.23. The number of rotatable bonds is 6. The highest BCUT2D eigenvalue weighted by atomic mass is 16.5. The Morgan fingerprint density at radius 3 is 2.46 bits per heavy atom. The maximum atomic E-state index is 11.3. The second-order valence-corrected chi connectivity index (χ2v) is 7.36. The van der Waals surface area contributed by atoms with Crippen LogP contribution in [0.5, 0.6) is 5.75 Å². The number of nitrogens with one attached hydrogen (secondary N) is 2. The van der Waals surface area contributed by atoms with Crippen LogP contribution in [0.1, 0.15) is 41.1 Å². The molecule has 2 aromatic rings. The molecule has 8 heteroatoms. The molecule has 1 saturated carbocycles. The number of carbonyl (C=O) groups is 1. The second-order valence-electron chi connectivity index (χ2n) is 7.36. The van der Waals surface area contributed by atoms with Gasteiger partial charge in [0.2, 0.25) is 5.95 Å². The van der Waals surface area contributed by atoms with E-state index >= 15 is 0 Å². The Balaban J connectivity index is 1.25. The van der Waals surface area contributed by atoms with Gasteiger partial charge < -0.3 is 15.0 Å². The smallest absolute Gasteiger partial charge is 0.277 e. The van der Waals surface area contributed by atoms with Crippen molar-refractivity contribution in [3.63, 3.8) is 0 Å². The van der Waals surface area contributed by atoms with Gasteiger partial charge in [0.1, 0.15) is 5.75 Å². The minimum atomic E-state index is -0.606. The lowest BCUT2D eigenvalue weighted by molar-refractivity contribution is 0.0705. The molecule has 2 fully saturated rings. The summed E-state index contributed by atoms with van der Waals surface area (Å²) in [6.45, 7) is 1.76. The number of piperidine rings is 1. The Morgan fingerprint density at radius 1 is 1.18 bits per heavy atom. The number of aromatic nitrogens is 2. The van der Waals surface area contributed by atoms with Crippen LogP contribution in [0.3, 0.4) is 0 Å². The highest BCUT2D eigenvalue weighted by Crippen LogP contribution is 2.42. The summed E-state index contributed by atoms with van der Waals surface area (Å²) in [6.07, 6.45) is 6.12. The molecule has 1 aliphatic heterocycles. The summed E-state index contributed by atoms with van der Waals surface area (Å²) in [5, 5.41) is 12.4. The molecule has 0 radical (unpaired) electrons. The number of methoxy groups -OCH3 is 1. The quantitative estimate of drug-likeness (QED) is 0.516. The number of ether oxygens (including phenoxy) is 1. The summed E-state index contributed by atoms with van der Waals surface area (Å²) in [5.41, 5.74) is 3.19. The number of hydrogen-bond donors (Lipinski definition) is 3. The van der Waals surface area contributed by atoms with E-state index in [2.05, 4.69) is 32.3 Å². The highest BCUT2D eigenvalue weighted by Gasteiger charge is 2.39. The molecule has 2 heterocycles. The zero-order valence-electron chi connectivity index (χ0n) is 15.8. The Labute approximate surface area is 163 Å². The fraction of sp³-hybridized carbons (Fsp3) is 0.450. The lowest BCUT2D eigenvalue weighted by Crippen LogP contribution is -2.44. The van der Waals surface area contributed by atoms with Gasteiger partial charge in [-0.3, -0.25) is 10.0 Å². The molecule has 1 aromatic heterocycles. The van der Waals surface area contributed by atoms with Gasteiger partial charge in [0, 0.05) is 43.5 Å². The molecular formula is C20H25N5O3. The molecule has 1 aliphatic carbocycles. The monoisotopic (exact) mass is 383 g/mol. The van der Waals surface area contributed by atoms with E-state index in [0.717, 1.165) is 31.7 Å². The maximum absolute atomic E-state index is 11.3. The predicted molar refractivity (Wildman–Crippen MR) is 104 cm³/mol. The van der Waals surface area contributed by atoms with Gasteiger partial charge in [-0.25, -0.2) is 15.4 Å². The van der Waals surface area contributed by atoms with Crippen molar-refractivity contribution in [3.8, 4) is 5.75 Å². The van der Waals surface area contributed by atoms with E-state index in [4.69, 9.17) is 9.94 Å². The number of hydrogen-bond acceptors (Lipinski definition) is 7. The molecule has 148 valence electrons. The van der Waals surface area contributed by atoms with Crippen molar-refractivity contribution in [2.75, 3.05) is 25.1 Å². The van der Waals surface area contributed by atoms with E-state index in [9.17, 15) is 4.79 Å². The Morgan fingerprint density at radius 2 is 1.86 bits per heavy atom. The van der Waals surface area contributed by atoms with Crippen LogP contribution < -0.4 is 20.4 Å². The third-order valence-electron chi connectivity index (χ3n) is 5.56. The first kappa shape index (κ1) is 18.6. The Hall–Kier alpha value is -2.71. The van der Waals surface area contributed by atoms with E-state index < -0.39 is 5.91 Å². The Kier molecular flexibility index (Phi) is 5.40. The Bertz CT molecular complexity index is 804. The topological polar surface area (TPSA) is 99.6 Å². The zero-order valence-corrected chi connectivity index (χ0v) is 15.8. The molecule has 2 aliphatic rings. The van der Waals surface area contributed by atoms with Gasteiger partial charge in [0.05, 0.1) is 12.7 Å². The lowest BCUT2D eigenvalue weighted by atomic mass is 10.0. The fourth-order valence-electron chi connectivity index (χ4n) is 3.81.